The Bertz CT molecular complexity index is 1240. The van der Waals surface area contributed by atoms with Crippen LogP contribution in [0.1, 0.15) is 62.3 Å². The van der Waals surface area contributed by atoms with Crippen LogP contribution in [0.25, 0.3) is 0 Å². The Morgan fingerprint density at radius 3 is 1.77 bits per heavy atom. The summed E-state index contributed by atoms with van der Waals surface area (Å²) in [5.41, 5.74) is 4.79. The SMILES string of the molecule is COc1c(C)cc(P(c2cc(C)c(OC)c(C)c2)c2ccccc2[PH](=O)[C@@H]2C[C@H](C)CC[C@H]2C(C)C)cc1C. The third-order valence-electron chi connectivity index (χ3n) is 8.58. The monoisotopic (exact) mass is 564 g/mol. The quantitative estimate of drug-likeness (QED) is 0.269. The third kappa shape index (κ3) is 6.16. The number of benzene rings is 3. The molecule has 0 saturated heterocycles. The van der Waals surface area contributed by atoms with Crippen LogP contribution in [0.2, 0.25) is 0 Å². The van der Waals surface area contributed by atoms with E-state index in [2.05, 4.69) is 97.0 Å². The molecule has 0 radical (unpaired) electrons. The molecule has 1 unspecified atom stereocenters. The van der Waals surface area contributed by atoms with Crippen LogP contribution in [0.15, 0.2) is 48.5 Å². The van der Waals surface area contributed by atoms with Crippen LogP contribution >= 0.6 is 15.7 Å². The minimum atomic E-state index is -2.03. The van der Waals surface area contributed by atoms with Crippen LogP contribution in [-0.4, -0.2) is 19.9 Å². The van der Waals surface area contributed by atoms with E-state index in [-0.39, 0.29) is 5.66 Å². The molecular weight excluding hydrogens is 518 g/mol. The zero-order chi connectivity index (χ0) is 28.4. The molecule has 1 aliphatic rings. The Morgan fingerprint density at radius 2 is 1.31 bits per heavy atom. The maximum atomic E-state index is 14.7. The van der Waals surface area contributed by atoms with E-state index in [1.165, 1.54) is 28.8 Å². The van der Waals surface area contributed by atoms with Crippen molar-refractivity contribution in [1.82, 2.24) is 0 Å². The van der Waals surface area contributed by atoms with Crippen LogP contribution in [-0.2, 0) is 4.57 Å². The first kappa shape index (κ1) is 29.9. The van der Waals surface area contributed by atoms with Gasteiger partial charge in [-0.2, -0.15) is 0 Å². The van der Waals surface area contributed by atoms with E-state index in [9.17, 15) is 4.57 Å². The summed E-state index contributed by atoms with van der Waals surface area (Å²) in [6.07, 6.45) is 3.50. The largest absolute Gasteiger partial charge is 0.496 e. The van der Waals surface area contributed by atoms with Gasteiger partial charge in [0.15, 0.2) is 0 Å². The summed E-state index contributed by atoms with van der Waals surface area (Å²) >= 11 is 0. The van der Waals surface area contributed by atoms with E-state index in [0.717, 1.165) is 45.5 Å². The molecule has 3 aromatic carbocycles. The van der Waals surface area contributed by atoms with Crippen molar-refractivity contribution in [3.8, 4) is 11.5 Å². The van der Waals surface area contributed by atoms with Gasteiger partial charge in [0.25, 0.3) is 0 Å². The Morgan fingerprint density at radius 1 is 0.821 bits per heavy atom. The summed E-state index contributed by atoms with van der Waals surface area (Å²) in [7, 11) is 0.508. The molecule has 1 fully saturated rings. The molecule has 0 bridgehead atoms. The standard InChI is InChI=1S/C34H46O3P2/c1-21(2)29-15-14-22(3)16-32(29)39(35)31-13-11-10-12-30(31)38(27-17-23(4)33(36-8)24(5)18-27)28-19-25(6)34(37-9)26(7)20-28/h10-13,17-22,29,32,39H,14-16H2,1-9H3/t22-,29+,32-/m1/s1. The van der Waals surface area contributed by atoms with Crippen molar-refractivity contribution >= 4 is 36.9 Å². The molecule has 0 heterocycles. The summed E-state index contributed by atoms with van der Waals surface area (Å²) in [6.45, 7) is 15.5. The lowest BCUT2D eigenvalue weighted by Crippen LogP contribution is -2.35. The first-order valence-corrected chi connectivity index (χ1v) is 17.1. The van der Waals surface area contributed by atoms with Gasteiger partial charge >= 0.3 is 0 Å². The van der Waals surface area contributed by atoms with Crippen LogP contribution < -0.4 is 30.7 Å². The van der Waals surface area contributed by atoms with E-state index in [1.54, 1.807) is 14.2 Å². The molecular formula is C34H46O3P2. The van der Waals surface area contributed by atoms with Gasteiger partial charge in [-0.15, -0.1) is 0 Å². The lowest BCUT2D eigenvalue weighted by Gasteiger charge is -2.37. The molecule has 3 nitrogen and oxygen atoms in total. The lowest BCUT2D eigenvalue weighted by molar-refractivity contribution is 0.239. The minimum absolute atomic E-state index is 0.260. The van der Waals surface area contributed by atoms with Gasteiger partial charge in [0.1, 0.15) is 19.3 Å². The smallest absolute Gasteiger partial charge is 0.124 e. The Labute approximate surface area is 238 Å². The molecule has 0 amide bonds. The molecule has 0 spiro atoms. The second kappa shape index (κ2) is 12.6. The highest BCUT2D eigenvalue weighted by molar-refractivity contribution is 7.81. The van der Waals surface area contributed by atoms with Gasteiger partial charge in [0.2, 0.25) is 0 Å². The van der Waals surface area contributed by atoms with E-state index in [4.69, 9.17) is 9.47 Å². The predicted molar refractivity (Wildman–Crippen MR) is 171 cm³/mol. The van der Waals surface area contributed by atoms with Gasteiger partial charge in [-0.1, -0.05) is 51.5 Å². The van der Waals surface area contributed by atoms with Crippen molar-refractivity contribution in [2.45, 2.75) is 73.4 Å². The zero-order valence-corrected chi connectivity index (χ0v) is 27.1. The van der Waals surface area contributed by atoms with Crippen molar-refractivity contribution in [3.63, 3.8) is 0 Å². The first-order valence-electron chi connectivity index (χ1n) is 14.3. The van der Waals surface area contributed by atoms with E-state index in [0.29, 0.717) is 17.8 Å². The van der Waals surface area contributed by atoms with Crippen molar-refractivity contribution in [3.05, 3.63) is 70.8 Å². The topological polar surface area (TPSA) is 35.5 Å². The number of ether oxygens (including phenoxy) is 2. The fourth-order valence-corrected chi connectivity index (χ4v) is 12.7. The molecule has 4 atom stereocenters. The van der Waals surface area contributed by atoms with Gasteiger partial charge in [0, 0.05) is 11.0 Å². The van der Waals surface area contributed by atoms with Crippen molar-refractivity contribution in [2.75, 3.05) is 14.2 Å². The highest BCUT2D eigenvalue weighted by Crippen LogP contribution is 2.47. The van der Waals surface area contributed by atoms with E-state index < -0.39 is 15.7 Å². The number of hydrogen-bond donors (Lipinski definition) is 0. The number of methoxy groups -OCH3 is 2. The van der Waals surface area contributed by atoms with Crippen LogP contribution in [0, 0.1) is 45.4 Å². The number of hydrogen-bond acceptors (Lipinski definition) is 3. The van der Waals surface area contributed by atoms with Gasteiger partial charge in [0.05, 0.1) is 14.2 Å². The second-order valence-corrected chi connectivity index (χ2v) is 16.1. The Kier molecular flexibility index (Phi) is 9.67. The summed E-state index contributed by atoms with van der Waals surface area (Å²) in [5, 5.41) is 4.84. The van der Waals surface area contributed by atoms with Crippen LogP contribution in [0.5, 0.6) is 11.5 Å². The minimum Gasteiger partial charge on any atom is -0.496 e. The zero-order valence-electron chi connectivity index (χ0n) is 25.2. The molecule has 1 saturated carbocycles. The molecule has 0 aromatic heterocycles. The summed E-state index contributed by atoms with van der Waals surface area (Å²) < 4.78 is 26.1. The molecule has 0 N–H and O–H groups in total. The maximum absolute atomic E-state index is 14.7. The van der Waals surface area contributed by atoms with E-state index in [1.807, 2.05) is 0 Å². The number of rotatable bonds is 8. The highest BCUT2D eigenvalue weighted by Gasteiger charge is 2.36. The van der Waals surface area contributed by atoms with Crippen LogP contribution in [0.3, 0.4) is 0 Å². The molecule has 4 rings (SSSR count). The maximum Gasteiger partial charge on any atom is 0.124 e. The fourth-order valence-electron chi connectivity index (χ4n) is 6.76. The van der Waals surface area contributed by atoms with Crippen molar-refractivity contribution in [1.29, 1.82) is 0 Å². The average molecular weight is 565 g/mol. The van der Waals surface area contributed by atoms with Crippen molar-refractivity contribution in [2.24, 2.45) is 17.8 Å². The molecule has 0 aliphatic heterocycles. The highest BCUT2D eigenvalue weighted by atomic mass is 31.1. The normalized spacial score (nSPS) is 20.3. The third-order valence-corrected chi connectivity index (χ3v) is 13.5. The Hall–Kier alpha value is -2.08. The van der Waals surface area contributed by atoms with E-state index >= 15 is 0 Å². The van der Waals surface area contributed by atoms with Gasteiger partial charge in [-0.25, -0.2) is 0 Å². The molecule has 210 valence electrons. The Balaban J connectivity index is 1.93. The predicted octanol–water partition coefficient (Wildman–Crippen LogP) is 7.34. The summed E-state index contributed by atoms with van der Waals surface area (Å²) in [4.78, 5) is 0. The van der Waals surface area contributed by atoms with Gasteiger partial charge in [-0.3, -0.25) is 0 Å². The molecule has 39 heavy (non-hydrogen) atoms. The molecule has 5 heteroatoms. The average Bonchev–Trinajstić information content (AvgIpc) is 2.88. The first-order chi connectivity index (χ1) is 18.6. The van der Waals surface area contributed by atoms with Crippen LogP contribution in [0.4, 0.5) is 0 Å². The lowest BCUT2D eigenvalue weighted by atomic mass is 9.77. The second-order valence-electron chi connectivity index (χ2n) is 11.9. The molecule has 3 aromatic rings. The molecule has 1 aliphatic carbocycles. The fraction of sp³-hybridized carbons (Fsp3) is 0.471. The van der Waals surface area contributed by atoms with Crippen molar-refractivity contribution < 1.29 is 14.0 Å². The number of aryl methyl sites for hydroxylation is 4. The summed E-state index contributed by atoms with van der Waals surface area (Å²) in [5.74, 6) is 3.57. The summed E-state index contributed by atoms with van der Waals surface area (Å²) in [6, 6.07) is 17.7. The van der Waals surface area contributed by atoms with Gasteiger partial charge in [-0.05, 0) is 129 Å². The van der Waals surface area contributed by atoms with Gasteiger partial charge < -0.3 is 14.0 Å².